The van der Waals surface area contributed by atoms with E-state index in [1.54, 1.807) is 0 Å². The third kappa shape index (κ3) is 3.79. The van der Waals surface area contributed by atoms with Crippen LogP contribution in [-0.4, -0.2) is 41.6 Å². The molecule has 1 atom stereocenters. The number of aliphatic carboxylic acids is 1. The molecule has 1 saturated heterocycles. The van der Waals surface area contributed by atoms with E-state index in [0.717, 1.165) is 18.2 Å². The van der Waals surface area contributed by atoms with Crippen LogP contribution in [0.2, 0.25) is 0 Å². The molecule has 3 rings (SSSR count). The number of carboxylic acid groups (broad SMARTS) is 1. The minimum Gasteiger partial charge on any atom is -0.489 e. The second-order valence-electron chi connectivity index (χ2n) is 7.06. The van der Waals surface area contributed by atoms with Gasteiger partial charge in [0.1, 0.15) is 12.4 Å². The van der Waals surface area contributed by atoms with Crippen molar-refractivity contribution in [3.8, 4) is 5.75 Å². The molecule has 0 aromatic heterocycles. The normalized spacial score (nSPS) is 21.0. The first kappa shape index (κ1) is 19.3. The molecule has 0 bridgehead atoms. The zero-order valence-electron chi connectivity index (χ0n) is 14.6. The number of alkyl halides is 3. The molecule has 1 aromatic rings. The van der Waals surface area contributed by atoms with Crippen molar-refractivity contribution >= 4 is 11.9 Å². The molecular weight excluding hydrogens is 363 g/mol. The van der Waals surface area contributed by atoms with Crippen molar-refractivity contribution in [3.05, 3.63) is 42.0 Å². The first-order valence-corrected chi connectivity index (χ1v) is 8.65. The van der Waals surface area contributed by atoms with E-state index in [-0.39, 0.29) is 29.3 Å². The highest BCUT2D eigenvalue weighted by molar-refractivity contribution is 5.97. The number of carbonyl (C=O) groups excluding carboxylic acids is 1. The minimum atomic E-state index is -4.57. The molecule has 1 spiro atoms. The van der Waals surface area contributed by atoms with E-state index in [1.165, 1.54) is 11.0 Å². The summed E-state index contributed by atoms with van der Waals surface area (Å²) < 4.78 is 44.5. The molecule has 1 saturated carbocycles. The summed E-state index contributed by atoms with van der Waals surface area (Å²) in [5.41, 5.74) is -1.33. The Kier molecular flexibility index (Phi) is 4.92. The molecular formula is C19H20F3NO4. The van der Waals surface area contributed by atoms with Crippen LogP contribution in [0, 0.1) is 11.3 Å². The maximum absolute atomic E-state index is 13.0. The van der Waals surface area contributed by atoms with Gasteiger partial charge in [-0.15, -0.1) is 0 Å². The van der Waals surface area contributed by atoms with Gasteiger partial charge in [-0.1, -0.05) is 12.7 Å². The zero-order chi connectivity index (χ0) is 19.8. The van der Waals surface area contributed by atoms with Crippen LogP contribution >= 0.6 is 0 Å². The number of carbonyl (C=O) groups is 2. The van der Waals surface area contributed by atoms with Gasteiger partial charge in [0.2, 0.25) is 0 Å². The van der Waals surface area contributed by atoms with Crippen molar-refractivity contribution in [1.82, 2.24) is 4.90 Å². The van der Waals surface area contributed by atoms with Gasteiger partial charge in [-0.3, -0.25) is 9.59 Å². The highest BCUT2D eigenvalue weighted by Gasteiger charge is 2.59. The van der Waals surface area contributed by atoms with Gasteiger partial charge < -0.3 is 14.7 Å². The Morgan fingerprint density at radius 1 is 1.33 bits per heavy atom. The number of benzene rings is 1. The lowest BCUT2D eigenvalue weighted by atomic mass is 9.90. The van der Waals surface area contributed by atoms with Gasteiger partial charge in [0.25, 0.3) is 5.91 Å². The Morgan fingerprint density at radius 3 is 2.52 bits per heavy atom. The summed E-state index contributed by atoms with van der Waals surface area (Å²) in [6, 6.07) is 2.83. The van der Waals surface area contributed by atoms with Crippen LogP contribution in [0.25, 0.3) is 0 Å². The van der Waals surface area contributed by atoms with E-state index >= 15 is 0 Å². The average Bonchev–Trinajstić information content (AvgIpc) is 3.33. The van der Waals surface area contributed by atoms with Crippen molar-refractivity contribution in [2.75, 3.05) is 19.7 Å². The number of ether oxygens (including phenoxy) is 1. The number of carboxylic acids is 1. The number of halogens is 3. The monoisotopic (exact) mass is 383 g/mol. The summed E-state index contributed by atoms with van der Waals surface area (Å²) >= 11 is 0. The fraction of sp³-hybridized carbons (Fsp3) is 0.474. The van der Waals surface area contributed by atoms with Gasteiger partial charge in [0.05, 0.1) is 17.0 Å². The Balaban J connectivity index is 1.79. The first-order valence-electron chi connectivity index (χ1n) is 8.65. The zero-order valence-corrected chi connectivity index (χ0v) is 14.6. The molecule has 1 N–H and O–H groups in total. The van der Waals surface area contributed by atoms with E-state index in [2.05, 4.69) is 6.58 Å². The predicted octanol–water partition coefficient (Wildman–Crippen LogP) is 3.60. The molecule has 1 aliphatic carbocycles. The lowest BCUT2D eigenvalue weighted by Gasteiger charge is -2.33. The van der Waals surface area contributed by atoms with Gasteiger partial charge in [0, 0.05) is 13.1 Å². The SMILES string of the molecule is C=CCOc1ccc(C(F)(F)F)cc1C(=O)N1CCC2(CC1)CC2C(=O)O. The summed E-state index contributed by atoms with van der Waals surface area (Å²) in [5, 5.41) is 9.14. The Bertz CT molecular complexity index is 767. The summed E-state index contributed by atoms with van der Waals surface area (Å²) in [5.74, 6) is -1.67. The molecule has 5 nitrogen and oxygen atoms in total. The Morgan fingerprint density at radius 2 is 2.00 bits per heavy atom. The van der Waals surface area contributed by atoms with Crippen molar-refractivity contribution in [3.63, 3.8) is 0 Å². The molecule has 2 aliphatic rings. The van der Waals surface area contributed by atoms with Crippen LogP contribution in [0.1, 0.15) is 35.2 Å². The fourth-order valence-corrected chi connectivity index (χ4v) is 3.72. The second kappa shape index (κ2) is 6.90. The maximum atomic E-state index is 13.0. The van der Waals surface area contributed by atoms with Crippen LogP contribution in [0.4, 0.5) is 13.2 Å². The molecule has 1 aliphatic heterocycles. The summed E-state index contributed by atoms with van der Waals surface area (Å²) in [7, 11) is 0. The summed E-state index contributed by atoms with van der Waals surface area (Å²) in [6.07, 6.45) is -1.45. The lowest BCUT2D eigenvalue weighted by molar-refractivity contribution is -0.140. The smallest absolute Gasteiger partial charge is 0.416 e. The quantitative estimate of drug-likeness (QED) is 0.789. The lowest BCUT2D eigenvalue weighted by Crippen LogP contribution is -2.40. The highest BCUT2D eigenvalue weighted by atomic mass is 19.4. The van der Waals surface area contributed by atoms with Gasteiger partial charge in [-0.25, -0.2) is 0 Å². The number of piperidine rings is 1. The molecule has 27 heavy (non-hydrogen) atoms. The van der Waals surface area contributed by atoms with Crippen LogP contribution in [0.15, 0.2) is 30.9 Å². The first-order chi connectivity index (χ1) is 12.7. The molecule has 1 aromatic carbocycles. The number of hydrogen-bond acceptors (Lipinski definition) is 3. The molecule has 1 heterocycles. The van der Waals surface area contributed by atoms with E-state index < -0.39 is 23.6 Å². The Hall–Kier alpha value is -2.51. The largest absolute Gasteiger partial charge is 0.489 e. The molecule has 8 heteroatoms. The molecule has 146 valence electrons. The number of nitrogens with zero attached hydrogens (tertiary/aromatic N) is 1. The topological polar surface area (TPSA) is 66.8 Å². The summed E-state index contributed by atoms with van der Waals surface area (Å²) in [4.78, 5) is 25.5. The van der Waals surface area contributed by atoms with E-state index in [9.17, 15) is 22.8 Å². The van der Waals surface area contributed by atoms with Crippen LogP contribution in [0.5, 0.6) is 5.75 Å². The van der Waals surface area contributed by atoms with Crippen LogP contribution in [0.3, 0.4) is 0 Å². The van der Waals surface area contributed by atoms with Gasteiger partial charge in [0.15, 0.2) is 0 Å². The van der Waals surface area contributed by atoms with Gasteiger partial charge in [-0.05, 0) is 42.9 Å². The van der Waals surface area contributed by atoms with E-state index in [0.29, 0.717) is 32.4 Å². The maximum Gasteiger partial charge on any atom is 0.416 e. The molecule has 1 unspecified atom stereocenters. The average molecular weight is 383 g/mol. The third-order valence-corrected chi connectivity index (χ3v) is 5.43. The third-order valence-electron chi connectivity index (χ3n) is 5.43. The standard InChI is InChI=1S/C19H20F3NO4/c1-2-9-27-15-4-3-12(19(20,21)22)10-13(15)16(24)23-7-5-18(6-8-23)11-14(18)17(25)26/h2-4,10,14H,1,5-9,11H2,(H,25,26). The summed E-state index contributed by atoms with van der Waals surface area (Å²) in [6.45, 7) is 4.20. The highest BCUT2D eigenvalue weighted by Crippen LogP contribution is 2.59. The van der Waals surface area contributed by atoms with E-state index in [1.807, 2.05) is 0 Å². The Labute approximate surface area is 154 Å². The van der Waals surface area contributed by atoms with Gasteiger partial charge in [-0.2, -0.15) is 13.2 Å². The molecule has 2 fully saturated rings. The van der Waals surface area contributed by atoms with Crippen molar-refractivity contribution in [2.24, 2.45) is 11.3 Å². The van der Waals surface area contributed by atoms with Gasteiger partial charge >= 0.3 is 12.1 Å². The molecule has 0 radical (unpaired) electrons. The van der Waals surface area contributed by atoms with Crippen molar-refractivity contribution in [2.45, 2.75) is 25.4 Å². The van der Waals surface area contributed by atoms with E-state index in [4.69, 9.17) is 9.84 Å². The number of rotatable bonds is 5. The number of likely N-dealkylation sites (tertiary alicyclic amines) is 1. The fourth-order valence-electron chi connectivity index (χ4n) is 3.72. The van der Waals surface area contributed by atoms with Crippen LogP contribution in [-0.2, 0) is 11.0 Å². The number of amides is 1. The van der Waals surface area contributed by atoms with Crippen LogP contribution < -0.4 is 4.74 Å². The predicted molar refractivity (Wildman–Crippen MR) is 90.4 cm³/mol. The molecule has 1 amide bonds. The van der Waals surface area contributed by atoms with Crippen molar-refractivity contribution < 1.29 is 32.6 Å². The minimum absolute atomic E-state index is 0.0645. The van der Waals surface area contributed by atoms with Crippen molar-refractivity contribution in [1.29, 1.82) is 0 Å². The second-order valence-corrected chi connectivity index (χ2v) is 7.06. The number of hydrogen-bond donors (Lipinski definition) is 1.